The normalized spacial score (nSPS) is 37.5. The highest BCUT2D eigenvalue weighted by Gasteiger charge is 2.33. The maximum Gasteiger partial charge on any atom is 0.241 e. The van der Waals surface area contributed by atoms with Gasteiger partial charge in [0.25, 0.3) is 0 Å². The third-order valence-electron chi connectivity index (χ3n) is 2.01. The Kier molecular flexibility index (Phi) is 1.49. The number of hydrogen-bond acceptors (Lipinski definition) is 0. The SMILES string of the molecule is CC1CCC1C(F)F. The van der Waals surface area contributed by atoms with Crippen molar-refractivity contribution < 1.29 is 8.78 Å². The van der Waals surface area contributed by atoms with E-state index in [1.807, 2.05) is 6.92 Å². The van der Waals surface area contributed by atoms with Crippen molar-refractivity contribution >= 4 is 0 Å². The van der Waals surface area contributed by atoms with Crippen LogP contribution in [0.2, 0.25) is 0 Å². The van der Waals surface area contributed by atoms with Crippen LogP contribution >= 0.6 is 0 Å². The van der Waals surface area contributed by atoms with Gasteiger partial charge in [0.2, 0.25) is 6.43 Å². The van der Waals surface area contributed by atoms with Crippen molar-refractivity contribution in [2.75, 3.05) is 0 Å². The van der Waals surface area contributed by atoms with Gasteiger partial charge in [-0.1, -0.05) is 6.92 Å². The van der Waals surface area contributed by atoms with E-state index in [-0.39, 0.29) is 11.8 Å². The second-order valence-electron chi connectivity index (χ2n) is 2.55. The molecule has 0 radical (unpaired) electrons. The molecule has 0 spiro atoms. The zero-order chi connectivity index (χ0) is 6.15. The molecule has 0 nitrogen and oxygen atoms in total. The first-order valence-electron chi connectivity index (χ1n) is 3.00. The highest BCUT2D eigenvalue weighted by molar-refractivity contribution is 4.78. The zero-order valence-electron chi connectivity index (χ0n) is 4.90. The fraction of sp³-hybridized carbons (Fsp3) is 1.00. The molecule has 0 bridgehead atoms. The largest absolute Gasteiger partial charge is 0.241 e. The van der Waals surface area contributed by atoms with E-state index in [1.165, 1.54) is 0 Å². The summed E-state index contributed by atoms with van der Waals surface area (Å²) >= 11 is 0. The molecule has 0 aliphatic heterocycles. The lowest BCUT2D eigenvalue weighted by atomic mass is 9.75. The van der Waals surface area contributed by atoms with E-state index < -0.39 is 6.43 Å². The first kappa shape index (κ1) is 5.99. The molecule has 2 heteroatoms. The Labute approximate surface area is 47.9 Å². The summed E-state index contributed by atoms with van der Waals surface area (Å²) in [6.07, 6.45) is -0.341. The molecule has 2 unspecified atom stereocenters. The minimum atomic E-state index is -2.07. The summed E-state index contributed by atoms with van der Waals surface area (Å²) in [5.41, 5.74) is 0. The van der Waals surface area contributed by atoms with Crippen LogP contribution in [0.3, 0.4) is 0 Å². The van der Waals surface area contributed by atoms with Crippen molar-refractivity contribution in [2.45, 2.75) is 26.2 Å². The summed E-state index contributed by atoms with van der Waals surface area (Å²) < 4.78 is 23.5. The zero-order valence-corrected chi connectivity index (χ0v) is 4.90. The summed E-state index contributed by atoms with van der Waals surface area (Å²) in [7, 11) is 0. The molecule has 8 heavy (non-hydrogen) atoms. The van der Waals surface area contributed by atoms with E-state index in [2.05, 4.69) is 0 Å². The molecule has 1 rings (SSSR count). The minimum Gasteiger partial charge on any atom is -0.210 e. The lowest BCUT2D eigenvalue weighted by molar-refractivity contribution is -0.00442. The van der Waals surface area contributed by atoms with E-state index >= 15 is 0 Å². The lowest BCUT2D eigenvalue weighted by Gasteiger charge is -2.32. The average Bonchev–Trinajstić information content (AvgIpc) is 1.61. The number of alkyl halides is 2. The molecule has 0 saturated heterocycles. The van der Waals surface area contributed by atoms with Crippen molar-refractivity contribution in [1.82, 2.24) is 0 Å². The quantitative estimate of drug-likeness (QED) is 0.498. The Bertz CT molecular complexity index is 75.8. The highest BCUT2D eigenvalue weighted by Crippen LogP contribution is 2.37. The van der Waals surface area contributed by atoms with Gasteiger partial charge in [-0.05, 0) is 18.8 Å². The molecular weight excluding hydrogens is 110 g/mol. The molecule has 0 aromatic rings. The Morgan fingerprint density at radius 1 is 1.38 bits per heavy atom. The van der Waals surface area contributed by atoms with Crippen molar-refractivity contribution in [1.29, 1.82) is 0 Å². The molecule has 0 N–H and O–H groups in total. The van der Waals surface area contributed by atoms with Crippen LogP contribution in [0.1, 0.15) is 19.8 Å². The summed E-state index contributed by atoms with van der Waals surface area (Å²) in [4.78, 5) is 0. The van der Waals surface area contributed by atoms with E-state index in [0.717, 1.165) is 12.8 Å². The third kappa shape index (κ3) is 0.837. The smallest absolute Gasteiger partial charge is 0.210 e. The molecule has 0 aromatic carbocycles. The van der Waals surface area contributed by atoms with Gasteiger partial charge in [-0.25, -0.2) is 8.78 Å². The Hall–Kier alpha value is -0.140. The number of rotatable bonds is 1. The van der Waals surface area contributed by atoms with Crippen LogP contribution < -0.4 is 0 Å². The highest BCUT2D eigenvalue weighted by atomic mass is 19.3. The first-order valence-corrected chi connectivity index (χ1v) is 3.00. The summed E-state index contributed by atoms with van der Waals surface area (Å²) in [5, 5.41) is 0. The van der Waals surface area contributed by atoms with E-state index in [9.17, 15) is 8.78 Å². The Morgan fingerprint density at radius 3 is 2.00 bits per heavy atom. The summed E-state index contributed by atoms with van der Waals surface area (Å²) in [5.74, 6) is -0.00926. The Morgan fingerprint density at radius 2 is 2.00 bits per heavy atom. The molecule has 1 aliphatic rings. The van der Waals surface area contributed by atoms with Crippen LogP contribution in [-0.4, -0.2) is 6.43 Å². The second kappa shape index (κ2) is 2.00. The monoisotopic (exact) mass is 120 g/mol. The molecule has 1 fully saturated rings. The standard InChI is InChI=1S/C6H10F2/c1-4-2-3-5(4)6(7)8/h4-6H,2-3H2,1H3. The van der Waals surface area contributed by atoms with Gasteiger partial charge in [0.1, 0.15) is 0 Å². The van der Waals surface area contributed by atoms with Crippen LogP contribution in [0.15, 0.2) is 0 Å². The molecule has 1 aliphatic carbocycles. The summed E-state index contributed by atoms with van der Waals surface area (Å²) in [6.45, 7) is 1.89. The molecular formula is C6H10F2. The number of halogens is 2. The van der Waals surface area contributed by atoms with Gasteiger partial charge in [-0.15, -0.1) is 0 Å². The van der Waals surface area contributed by atoms with Crippen LogP contribution in [0, 0.1) is 11.8 Å². The minimum absolute atomic E-state index is 0.273. The predicted molar refractivity (Wildman–Crippen MR) is 27.9 cm³/mol. The molecule has 1 saturated carbocycles. The van der Waals surface area contributed by atoms with Gasteiger partial charge in [-0.2, -0.15) is 0 Å². The average molecular weight is 120 g/mol. The van der Waals surface area contributed by atoms with Crippen molar-refractivity contribution in [3.8, 4) is 0 Å². The van der Waals surface area contributed by atoms with Crippen molar-refractivity contribution in [2.24, 2.45) is 11.8 Å². The Balaban J connectivity index is 2.26. The van der Waals surface area contributed by atoms with Crippen LogP contribution in [0.4, 0.5) is 8.78 Å². The van der Waals surface area contributed by atoms with E-state index in [0.29, 0.717) is 0 Å². The van der Waals surface area contributed by atoms with Crippen LogP contribution in [0.25, 0.3) is 0 Å². The van der Waals surface area contributed by atoms with E-state index in [4.69, 9.17) is 0 Å². The van der Waals surface area contributed by atoms with Crippen LogP contribution in [0.5, 0.6) is 0 Å². The number of hydrogen-bond donors (Lipinski definition) is 0. The van der Waals surface area contributed by atoms with Gasteiger partial charge >= 0.3 is 0 Å². The fourth-order valence-corrected chi connectivity index (χ4v) is 1.07. The third-order valence-corrected chi connectivity index (χ3v) is 2.01. The van der Waals surface area contributed by atoms with Gasteiger partial charge in [0, 0.05) is 5.92 Å². The van der Waals surface area contributed by atoms with Crippen molar-refractivity contribution in [3.05, 3.63) is 0 Å². The molecule has 2 atom stereocenters. The molecule has 0 heterocycles. The fourth-order valence-electron chi connectivity index (χ4n) is 1.07. The molecule has 0 amide bonds. The second-order valence-corrected chi connectivity index (χ2v) is 2.55. The van der Waals surface area contributed by atoms with Crippen molar-refractivity contribution in [3.63, 3.8) is 0 Å². The molecule has 0 aromatic heterocycles. The van der Waals surface area contributed by atoms with Crippen LogP contribution in [-0.2, 0) is 0 Å². The maximum atomic E-state index is 11.7. The first-order chi connectivity index (χ1) is 3.72. The molecule has 48 valence electrons. The lowest BCUT2D eigenvalue weighted by Crippen LogP contribution is -2.29. The topological polar surface area (TPSA) is 0 Å². The van der Waals surface area contributed by atoms with Gasteiger partial charge < -0.3 is 0 Å². The van der Waals surface area contributed by atoms with Gasteiger partial charge in [-0.3, -0.25) is 0 Å². The maximum absolute atomic E-state index is 11.7. The van der Waals surface area contributed by atoms with E-state index in [1.54, 1.807) is 0 Å². The van der Waals surface area contributed by atoms with Gasteiger partial charge in [0.05, 0.1) is 0 Å². The van der Waals surface area contributed by atoms with Gasteiger partial charge in [0.15, 0.2) is 0 Å². The predicted octanol–water partition coefficient (Wildman–Crippen LogP) is 2.30. The summed E-state index contributed by atoms with van der Waals surface area (Å²) in [6, 6.07) is 0.